The minimum Gasteiger partial charge on any atom is -0.379 e. The van der Waals surface area contributed by atoms with Crippen LogP contribution in [0.1, 0.15) is 43.4 Å². The molecule has 0 unspecified atom stereocenters. The number of sulfonamides is 1. The fraction of sp³-hybridized carbons (Fsp3) is 0.750. The van der Waals surface area contributed by atoms with Crippen LogP contribution in [0.3, 0.4) is 0 Å². The van der Waals surface area contributed by atoms with Crippen LogP contribution >= 0.6 is 35.3 Å². The quantitative estimate of drug-likeness (QED) is 0.344. The van der Waals surface area contributed by atoms with Crippen LogP contribution in [-0.2, 0) is 21.3 Å². The first-order valence-corrected chi connectivity index (χ1v) is 12.9. The Morgan fingerprint density at radius 3 is 2.60 bits per heavy atom. The number of hydrogen-bond donors (Lipinski definition) is 1. The number of nitrogens with zero attached hydrogens (tertiary/aromatic N) is 3. The van der Waals surface area contributed by atoms with Gasteiger partial charge < -0.3 is 15.0 Å². The molecule has 30 heavy (non-hydrogen) atoms. The molecule has 0 aromatic carbocycles. The Balaban J connectivity index is 0.00000256. The van der Waals surface area contributed by atoms with Gasteiger partial charge in [0.15, 0.2) is 5.96 Å². The third kappa shape index (κ3) is 5.31. The molecular weight excluding hydrogens is 535 g/mol. The first kappa shape index (κ1) is 24.2. The number of aliphatic imine (C=N–C) groups is 1. The first-order valence-electron chi connectivity index (χ1n) is 10.6. The molecule has 1 saturated carbocycles. The predicted octanol–water partition coefficient (Wildman–Crippen LogP) is 3.12. The SMILES string of the molecule is CN=C(NCc1ccc(S(=O)(=O)N2CCOCC2)s1)N1CCC2(CCCCC2)C1.I. The van der Waals surface area contributed by atoms with Crippen LogP contribution in [0.4, 0.5) is 0 Å². The summed E-state index contributed by atoms with van der Waals surface area (Å²) in [7, 11) is -1.59. The van der Waals surface area contributed by atoms with E-state index in [0.717, 1.165) is 23.9 Å². The first-order chi connectivity index (χ1) is 14.0. The maximum absolute atomic E-state index is 12.8. The van der Waals surface area contributed by atoms with Gasteiger partial charge in [0.1, 0.15) is 4.21 Å². The molecule has 10 heteroatoms. The van der Waals surface area contributed by atoms with Gasteiger partial charge in [-0.2, -0.15) is 4.31 Å². The maximum atomic E-state index is 12.8. The summed E-state index contributed by atoms with van der Waals surface area (Å²) < 4.78 is 32.8. The van der Waals surface area contributed by atoms with E-state index in [1.54, 1.807) is 6.07 Å². The molecule has 2 aliphatic heterocycles. The zero-order valence-corrected chi connectivity index (χ0v) is 21.6. The zero-order valence-electron chi connectivity index (χ0n) is 17.6. The zero-order chi connectivity index (χ0) is 20.3. The minimum absolute atomic E-state index is 0. The summed E-state index contributed by atoms with van der Waals surface area (Å²) >= 11 is 1.34. The van der Waals surface area contributed by atoms with Crippen molar-refractivity contribution in [3.63, 3.8) is 0 Å². The van der Waals surface area contributed by atoms with E-state index in [-0.39, 0.29) is 24.0 Å². The third-order valence-electron chi connectivity index (χ3n) is 6.49. The molecule has 0 amide bonds. The highest BCUT2D eigenvalue weighted by Crippen LogP contribution is 2.43. The normalized spacial score (nSPS) is 22.8. The molecule has 1 aromatic heterocycles. The highest BCUT2D eigenvalue weighted by Gasteiger charge is 2.39. The smallest absolute Gasteiger partial charge is 0.252 e. The third-order valence-corrected chi connectivity index (χ3v) is 9.94. The molecule has 1 spiro atoms. The number of rotatable bonds is 4. The number of hydrogen-bond acceptors (Lipinski definition) is 5. The van der Waals surface area contributed by atoms with Crippen LogP contribution in [0.5, 0.6) is 0 Å². The average Bonchev–Trinajstić information content (AvgIpc) is 3.38. The van der Waals surface area contributed by atoms with Crippen molar-refractivity contribution in [2.45, 2.75) is 49.3 Å². The minimum atomic E-state index is -3.42. The van der Waals surface area contributed by atoms with E-state index in [4.69, 9.17) is 4.74 Å². The van der Waals surface area contributed by atoms with Gasteiger partial charge in [0.2, 0.25) is 0 Å². The predicted molar refractivity (Wildman–Crippen MR) is 131 cm³/mol. The van der Waals surface area contributed by atoms with Gasteiger partial charge in [-0.15, -0.1) is 35.3 Å². The van der Waals surface area contributed by atoms with E-state index < -0.39 is 10.0 Å². The molecule has 2 saturated heterocycles. The van der Waals surface area contributed by atoms with Crippen molar-refractivity contribution in [3.8, 4) is 0 Å². The van der Waals surface area contributed by atoms with E-state index in [0.29, 0.717) is 42.5 Å². The molecule has 0 bridgehead atoms. The summed E-state index contributed by atoms with van der Waals surface area (Å²) in [6, 6.07) is 3.63. The van der Waals surface area contributed by atoms with Gasteiger partial charge >= 0.3 is 0 Å². The molecule has 3 heterocycles. The molecule has 3 aliphatic rings. The summed E-state index contributed by atoms with van der Waals surface area (Å²) in [5.41, 5.74) is 0.484. The number of nitrogens with one attached hydrogen (secondary N) is 1. The Kier molecular flexibility index (Phi) is 8.44. The van der Waals surface area contributed by atoms with Crippen molar-refractivity contribution in [1.82, 2.24) is 14.5 Å². The van der Waals surface area contributed by atoms with E-state index in [9.17, 15) is 8.42 Å². The van der Waals surface area contributed by atoms with Crippen molar-refractivity contribution >= 4 is 51.3 Å². The van der Waals surface area contributed by atoms with Crippen LogP contribution in [0.15, 0.2) is 21.3 Å². The fourth-order valence-corrected chi connectivity index (χ4v) is 7.69. The second-order valence-corrected chi connectivity index (χ2v) is 11.7. The molecule has 170 valence electrons. The highest BCUT2D eigenvalue weighted by atomic mass is 127. The van der Waals surface area contributed by atoms with Crippen molar-refractivity contribution in [2.75, 3.05) is 46.4 Å². The van der Waals surface area contributed by atoms with Crippen molar-refractivity contribution in [1.29, 1.82) is 0 Å². The van der Waals surface area contributed by atoms with Crippen LogP contribution < -0.4 is 5.32 Å². The van der Waals surface area contributed by atoms with Crippen molar-refractivity contribution in [2.24, 2.45) is 10.4 Å². The number of likely N-dealkylation sites (tertiary alicyclic amines) is 1. The largest absolute Gasteiger partial charge is 0.379 e. The highest BCUT2D eigenvalue weighted by molar-refractivity contribution is 14.0. The molecule has 4 rings (SSSR count). The molecule has 1 aromatic rings. The van der Waals surface area contributed by atoms with Gasteiger partial charge in [0.25, 0.3) is 10.0 Å². The summed E-state index contributed by atoms with van der Waals surface area (Å²) in [5.74, 6) is 0.929. The molecule has 7 nitrogen and oxygen atoms in total. The topological polar surface area (TPSA) is 74.2 Å². The maximum Gasteiger partial charge on any atom is 0.252 e. The Hall–Kier alpha value is -0.430. The van der Waals surface area contributed by atoms with Gasteiger partial charge in [0, 0.05) is 38.1 Å². The molecule has 0 atom stereocenters. The summed E-state index contributed by atoms with van der Waals surface area (Å²) in [6.45, 7) is 4.53. The number of morpholine rings is 1. The standard InChI is InChI=1S/C20H32N4O3S2.HI/c1-21-19(23-10-9-20(16-23)7-3-2-4-8-20)22-15-17-5-6-18(28-17)29(25,26)24-11-13-27-14-12-24;/h5-6H,2-4,7-16H2,1H3,(H,21,22);1H. The van der Waals surface area contributed by atoms with E-state index in [2.05, 4.69) is 15.2 Å². The Morgan fingerprint density at radius 1 is 1.17 bits per heavy atom. The van der Waals surface area contributed by atoms with Gasteiger partial charge in [-0.1, -0.05) is 19.3 Å². The van der Waals surface area contributed by atoms with Crippen LogP contribution in [0.25, 0.3) is 0 Å². The van der Waals surface area contributed by atoms with E-state index >= 15 is 0 Å². The van der Waals surface area contributed by atoms with Crippen molar-refractivity contribution < 1.29 is 13.2 Å². The Morgan fingerprint density at radius 2 is 1.90 bits per heavy atom. The second kappa shape index (κ2) is 10.5. The number of thiophene rings is 1. The van der Waals surface area contributed by atoms with Gasteiger partial charge in [-0.25, -0.2) is 8.42 Å². The summed E-state index contributed by atoms with van der Waals surface area (Å²) in [5, 5.41) is 3.45. The lowest BCUT2D eigenvalue weighted by molar-refractivity contribution is 0.0731. The molecule has 1 aliphatic carbocycles. The molecule has 0 radical (unpaired) electrons. The second-order valence-electron chi connectivity index (χ2n) is 8.37. The van der Waals surface area contributed by atoms with Gasteiger partial charge in [0.05, 0.1) is 19.8 Å². The number of halogens is 1. The van der Waals surface area contributed by atoms with Gasteiger partial charge in [-0.3, -0.25) is 4.99 Å². The van der Waals surface area contributed by atoms with E-state index in [1.165, 1.54) is 54.2 Å². The Labute approximate surface area is 201 Å². The van der Waals surface area contributed by atoms with Crippen molar-refractivity contribution in [3.05, 3.63) is 17.0 Å². The lowest BCUT2D eigenvalue weighted by atomic mass is 9.73. The van der Waals surface area contributed by atoms with Crippen LogP contribution in [-0.4, -0.2) is 70.0 Å². The van der Waals surface area contributed by atoms with E-state index in [1.807, 2.05) is 13.1 Å². The van der Waals surface area contributed by atoms with Crippen LogP contribution in [0.2, 0.25) is 0 Å². The number of guanidine groups is 1. The van der Waals surface area contributed by atoms with Crippen LogP contribution in [0, 0.1) is 5.41 Å². The summed E-state index contributed by atoms with van der Waals surface area (Å²) in [4.78, 5) is 7.87. The molecule has 3 fully saturated rings. The lowest BCUT2D eigenvalue weighted by Gasteiger charge is -2.33. The number of ether oxygens (including phenoxy) is 1. The summed E-state index contributed by atoms with van der Waals surface area (Å²) in [6.07, 6.45) is 8.03. The average molecular weight is 569 g/mol. The Bertz CT molecular complexity index is 831. The fourth-order valence-electron chi connectivity index (χ4n) is 4.83. The lowest BCUT2D eigenvalue weighted by Crippen LogP contribution is -2.41. The monoisotopic (exact) mass is 568 g/mol. The molecular formula is C20H33IN4O3S2. The molecule has 1 N–H and O–H groups in total. The van der Waals surface area contributed by atoms with Gasteiger partial charge in [-0.05, 0) is 36.8 Å².